The van der Waals surface area contributed by atoms with E-state index in [1.54, 1.807) is 18.2 Å². The third-order valence-corrected chi connectivity index (χ3v) is 5.62. The molecule has 106 valence electrons. The number of rotatable bonds is 2. The summed E-state index contributed by atoms with van der Waals surface area (Å²) in [6.45, 7) is 0. The van der Waals surface area contributed by atoms with Gasteiger partial charge in [-0.3, -0.25) is 0 Å². The molecule has 0 heterocycles. The van der Waals surface area contributed by atoms with Gasteiger partial charge in [-0.15, -0.1) is 11.6 Å². The van der Waals surface area contributed by atoms with Crippen LogP contribution in [0.25, 0.3) is 11.1 Å². The highest BCUT2D eigenvalue weighted by Crippen LogP contribution is 2.48. The summed E-state index contributed by atoms with van der Waals surface area (Å²) in [5.41, 5.74) is 1.96. The van der Waals surface area contributed by atoms with Gasteiger partial charge in [-0.25, -0.2) is 0 Å². The van der Waals surface area contributed by atoms with Gasteiger partial charge in [0.05, 0.1) is 25.1 Å². The zero-order valence-electron chi connectivity index (χ0n) is 9.58. The average molecular weight is 409 g/mol. The van der Waals surface area contributed by atoms with E-state index in [-0.39, 0.29) is 31.0 Å². The molecule has 0 spiro atoms. The molecule has 2 rings (SSSR count). The number of halogens is 7. The molecule has 7 heteroatoms. The van der Waals surface area contributed by atoms with E-state index in [1.807, 2.05) is 0 Å². The summed E-state index contributed by atoms with van der Waals surface area (Å²) < 4.78 is 0. The van der Waals surface area contributed by atoms with Gasteiger partial charge in [0.1, 0.15) is 0 Å². The van der Waals surface area contributed by atoms with Crippen molar-refractivity contribution in [2.45, 2.75) is 5.88 Å². The standard InChI is InChI=1S/C13H5Cl7/c14-4-6-3-5(1-2-7(6)15)8-9(16)11(18)13(20)12(19)10(8)17/h1-3H,4H2. The summed E-state index contributed by atoms with van der Waals surface area (Å²) in [7, 11) is 0. The zero-order valence-corrected chi connectivity index (χ0v) is 14.9. The van der Waals surface area contributed by atoms with E-state index in [0.29, 0.717) is 16.1 Å². The Morgan fingerprint density at radius 2 is 1.20 bits per heavy atom. The van der Waals surface area contributed by atoms with Gasteiger partial charge in [-0.2, -0.15) is 0 Å². The number of alkyl halides is 1. The van der Waals surface area contributed by atoms with Crippen LogP contribution in [-0.2, 0) is 5.88 Å². The van der Waals surface area contributed by atoms with Gasteiger partial charge >= 0.3 is 0 Å². The van der Waals surface area contributed by atoms with Crippen molar-refractivity contribution in [1.82, 2.24) is 0 Å². The lowest BCUT2D eigenvalue weighted by Gasteiger charge is -2.13. The van der Waals surface area contributed by atoms with Crippen LogP contribution in [0.15, 0.2) is 18.2 Å². The van der Waals surface area contributed by atoms with Crippen molar-refractivity contribution in [3.8, 4) is 11.1 Å². The molecule has 2 aromatic carbocycles. The molecule has 0 unspecified atom stereocenters. The molecule has 0 nitrogen and oxygen atoms in total. The summed E-state index contributed by atoms with van der Waals surface area (Å²) in [6.07, 6.45) is 0. The van der Waals surface area contributed by atoms with Crippen LogP contribution in [-0.4, -0.2) is 0 Å². The first kappa shape index (κ1) is 16.8. The fourth-order valence-corrected chi connectivity index (χ4v) is 3.52. The van der Waals surface area contributed by atoms with E-state index in [1.165, 1.54) is 0 Å². The number of hydrogen-bond donors (Lipinski definition) is 0. The van der Waals surface area contributed by atoms with E-state index in [2.05, 4.69) is 0 Å². The van der Waals surface area contributed by atoms with Crippen LogP contribution < -0.4 is 0 Å². The van der Waals surface area contributed by atoms with E-state index in [9.17, 15) is 0 Å². The minimum absolute atomic E-state index is 0.124. The molecule has 0 bridgehead atoms. The van der Waals surface area contributed by atoms with Crippen molar-refractivity contribution < 1.29 is 0 Å². The Morgan fingerprint density at radius 1 is 0.700 bits per heavy atom. The Balaban J connectivity index is 2.76. The predicted molar refractivity (Wildman–Crippen MR) is 91.5 cm³/mol. The zero-order chi connectivity index (χ0) is 15.0. The molecule has 0 aromatic heterocycles. The lowest BCUT2D eigenvalue weighted by atomic mass is 10.0. The smallest absolute Gasteiger partial charge is 0.0809 e. The van der Waals surface area contributed by atoms with E-state index >= 15 is 0 Å². The van der Waals surface area contributed by atoms with Gasteiger partial charge in [-0.05, 0) is 23.3 Å². The van der Waals surface area contributed by atoms with Gasteiger partial charge in [0.15, 0.2) is 0 Å². The largest absolute Gasteiger partial charge is 0.121 e. The van der Waals surface area contributed by atoms with Crippen LogP contribution in [0.3, 0.4) is 0 Å². The number of benzene rings is 2. The maximum absolute atomic E-state index is 6.22. The molecule has 0 atom stereocenters. The molecule has 0 N–H and O–H groups in total. The van der Waals surface area contributed by atoms with Crippen molar-refractivity contribution in [1.29, 1.82) is 0 Å². The maximum atomic E-state index is 6.22. The second-order valence-electron chi connectivity index (χ2n) is 3.88. The summed E-state index contributed by atoms with van der Waals surface area (Å²) in [6, 6.07) is 5.24. The Labute approximate surface area is 151 Å². The molecule has 0 aliphatic rings. The van der Waals surface area contributed by atoms with Crippen LogP contribution in [0.1, 0.15) is 5.56 Å². The fraction of sp³-hybridized carbons (Fsp3) is 0.0769. The van der Waals surface area contributed by atoms with Crippen LogP contribution >= 0.6 is 81.2 Å². The lowest BCUT2D eigenvalue weighted by molar-refractivity contribution is 1.40. The molecule has 0 saturated heterocycles. The molecule has 0 amide bonds. The van der Waals surface area contributed by atoms with Gasteiger partial charge < -0.3 is 0 Å². The van der Waals surface area contributed by atoms with Crippen molar-refractivity contribution in [3.05, 3.63) is 53.9 Å². The quantitative estimate of drug-likeness (QED) is 0.268. The lowest BCUT2D eigenvalue weighted by Crippen LogP contribution is -1.89. The van der Waals surface area contributed by atoms with Gasteiger partial charge in [0.2, 0.25) is 0 Å². The highest BCUT2D eigenvalue weighted by Gasteiger charge is 2.20. The van der Waals surface area contributed by atoms with Crippen LogP contribution in [0, 0.1) is 0 Å². The Hall–Kier alpha value is 0.470. The molecule has 0 fully saturated rings. The second kappa shape index (κ2) is 6.71. The first-order chi connectivity index (χ1) is 9.38. The normalized spacial score (nSPS) is 10.9. The minimum atomic E-state index is 0.124. The monoisotopic (exact) mass is 406 g/mol. The third-order valence-electron chi connectivity index (χ3n) is 2.69. The summed E-state index contributed by atoms with van der Waals surface area (Å²) in [4.78, 5) is 0. The first-order valence-corrected chi connectivity index (χ1v) is 8.05. The van der Waals surface area contributed by atoms with Crippen molar-refractivity contribution in [3.63, 3.8) is 0 Å². The summed E-state index contributed by atoms with van der Waals surface area (Å²) in [5, 5.41) is 1.45. The molecule has 0 aliphatic carbocycles. The fourth-order valence-electron chi connectivity index (χ4n) is 1.69. The van der Waals surface area contributed by atoms with Gasteiger partial charge in [0.25, 0.3) is 0 Å². The molecule has 0 saturated carbocycles. The Morgan fingerprint density at radius 3 is 1.70 bits per heavy atom. The van der Waals surface area contributed by atoms with Crippen molar-refractivity contribution in [2.75, 3.05) is 0 Å². The third kappa shape index (κ3) is 2.98. The van der Waals surface area contributed by atoms with E-state index < -0.39 is 0 Å². The predicted octanol–water partition coefficient (Wildman–Crippen LogP) is 8.01. The SMILES string of the molecule is ClCc1cc(-c2c(Cl)c(Cl)c(Cl)c(Cl)c2Cl)ccc1Cl. The van der Waals surface area contributed by atoms with Gasteiger partial charge in [-0.1, -0.05) is 75.7 Å². The van der Waals surface area contributed by atoms with Crippen LogP contribution in [0.5, 0.6) is 0 Å². The molecule has 2 aromatic rings. The highest BCUT2D eigenvalue weighted by molar-refractivity contribution is 6.56. The topological polar surface area (TPSA) is 0 Å². The second-order valence-corrected chi connectivity index (χ2v) is 6.45. The number of hydrogen-bond acceptors (Lipinski definition) is 0. The first-order valence-electron chi connectivity index (χ1n) is 5.24. The molecule has 0 aliphatic heterocycles. The Kier molecular flexibility index (Phi) is 5.64. The molecular weight excluding hydrogens is 404 g/mol. The van der Waals surface area contributed by atoms with Crippen molar-refractivity contribution >= 4 is 81.2 Å². The van der Waals surface area contributed by atoms with Crippen molar-refractivity contribution in [2.24, 2.45) is 0 Å². The van der Waals surface area contributed by atoms with Crippen LogP contribution in [0.4, 0.5) is 0 Å². The highest BCUT2D eigenvalue weighted by atomic mass is 35.5. The van der Waals surface area contributed by atoms with E-state index in [4.69, 9.17) is 81.2 Å². The maximum Gasteiger partial charge on any atom is 0.0809 e. The Bertz CT molecular complexity index is 650. The van der Waals surface area contributed by atoms with Crippen LogP contribution in [0.2, 0.25) is 30.1 Å². The minimum Gasteiger partial charge on any atom is -0.121 e. The average Bonchev–Trinajstić information content (AvgIpc) is 2.45. The summed E-state index contributed by atoms with van der Waals surface area (Å²) >= 11 is 42.4. The molecule has 0 radical (unpaired) electrons. The van der Waals surface area contributed by atoms with E-state index in [0.717, 1.165) is 5.56 Å². The summed E-state index contributed by atoms with van der Waals surface area (Å²) in [5.74, 6) is 0.261. The molecular formula is C13H5Cl7. The van der Waals surface area contributed by atoms with Gasteiger partial charge in [0, 0.05) is 16.5 Å². The molecule has 20 heavy (non-hydrogen) atoms.